The molecule has 0 amide bonds. The molecule has 7 heteroatoms. The molecule has 0 atom stereocenters. The summed E-state index contributed by atoms with van der Waals surface area (Å²) in [6.07, 6.45) is -4.36. The van der Waals surface area contributed by atoms with Gasteiger partial charge in [0.25, 0.3) is 0 Å². The quantitative estimate of drug-likeness (QED) is 0.614. The largest absolute Gasteiger partial charge is 0.497 e. The normalized spacial score (nSPS) is 11.4. The molecule has 4 nitrogen and oxygen atoms in total. The standard InChI is InChI=1S/C12H16F3NO3/c1-16-6-9-3-4-10(17-2)5-11(9)19-8-18-7-12(13,14)15/h3-5,16H,6-8H2,1-2H3. The highest BCUT2D eigenvalue weighted by Crippen LogP contribution is 2.25. The molecule has 0 unspecified atom stereocenters. The summed E-state index contributed by atoms with van der Waals surface area (Å²) in [4.78, 5) is 0. The van der Waals surface area contributed by atoms with Crippen molar-refractivity contribution in [2.45, 2.75) is 12.7 Å². The van der Waals surface area contributed by atoms with E-state index in [1.807, 2.05) is 0 Å². The summed E-state index contributed by atoms with van der Waals surface area (Å²) in [6, 6.07) is 5.12. The molecule has 1 aromatic carbocycles. The number of rotatable bonds is 7. The van der Waals surface area contributed by atoms with Crippen molar-refractivity contribution in [3.63, 3.8) is 0 Å². The number of ether oxygens (including phenoxy) is 3. The maximum absolute atomic E-state index is 11.9. The maximum Gasteiger partial charge on any atom is 0.411 e. The van der Waals surface area contributed by atoms with Gasteiger partial charge in [-0.2, -0.15) is 13.2 Å². The molecule has 0 spiro atoms. The fourth-order valence-corrected chi connectivity index (χ4v) is 1.40. The predicted octanol–water partition coefficient (Wildman–Crippen LogP) is 2.33. The summed E-state index contributed by atoms with van der Waals surface area (Å²) in [5, 5.41) is 2.93. The van der Waals surface area contributed by atoms with Gasteiger partial charge in [-0.25, -0.2) is 0 Å². The van der Waals surface area contributed by atoms with E-state index in [-0.39, 0.29) is 0 Å². The van der Waals surface area contributed by atoms with Gasteiger partial charge in [0.2, 0.25) is 0 Å². The molecular weight excluding hydrogens is 263 g/mol. The zero-order chi connectivity index (χ0) is 14.3. The van der Waals surface area contributed by atoms with Gasteiger partial charge in [0.05, 0.1) is 7.11 Å². The highest BCUT2D eigenvalue weighted by molar-refractivity contribution is 5.40. The fraction of sp³-hybridized carbons (Fsp3) is 0.500. The Morgan fingerprint density at radius 2 is 2.00 bits per heavy atom. The zero-order valence-electron chi connectivity index (χ0n) is 10.7. The van der Waals surface area contributed by atoms with Gasteiger partial charge in [0, 0.05) is 18.2 Å². The van der Waals surface area contributed by atoms with Gasteiger partial charge in [-0.1, -0.05) is 6.07 Å². The minimum Gasteiger partial charge on any atom is -0.497 e. The van der Waals surface area contributed by atoms with E-state index < -0.39 is 19.6 Å². The number of benzene rings is 1. The minimum absolute atomic E-state index is 0.427. The minimum atomic E-state index is -4.36. The summed E-state index contributed by atoms with van der Waals surface area (Å²) in [5.74, 6) is 0.988. The first-order valence-electron chi connectivity index (χ1n) is 5.55. The Morgan fingerprint density at radius 3 is 2.58 bits per heavy atom. The molecule has 0 radical (unpaired) electrons. The van der Waals surface area contributed by atoms with E-state index in [9.17, 15) is 13.2 Å². The molecule has 0 fully saturated rings. The molecule has 0 saturated heterocycles. The first-order valence-corrected chi connectivity index (χ1v) is 5.55. The fourth-order valence-electron chi connectivity index (χ4n) is 1.40. The number of hydrogen-bond acceptors (Lipinski definition) is 4. The van der Waals surface area contributed by atoms with Gasteiger partial charge in [0.1, 0.15) is 18.1 Å². The van der Waals surface area contributed by atoms with Gasteiger partial charge < -0.3 is 19.5 Å². The SMILES string of the molecule is CNCc1ccc(OC)cc1OCOCC(F)(F)F. The van der Waals surface area contributed by atoms with E-state index >= 15 is 0 Å². The Hall–Kier alpha value is -1.47. The van der Waals surface area contributed by atoms with Crippen molar-refractivity contribution in [2.24, 2.45) is 0 Å². The maximum atomic E-state index is 11.9. The molecule has 19 heavy (non-hydrogen) atoms. The average molecular weight is 279 g/mol. The van der Waals surface area contributed by atoms with Gasteiger partial charge in [-0.05, 0) is 13.1 Å². The molecule has 0 bridgehead atoms. The first kappa shape index (κ1) is 15.6. The molecule has 0 saturated carbocycles. The molecule has 0 aliphatic rings. The highest BCUT2D eigenvalue weighted by Gasteiger charge is 2.27. The molecule has 0 heterocycles. The molecule has 1 N–H and O–H groups in total. The summed E-state index contributed by atoms with van der Waals surface area (Å²) in [5.41, 5.74) is 0.805. The van der Waals surface area contributed by atoms with Crippen LogP contribution in [-0.4, -0.2) is 33.7 Å². The summed E-state index contributed by atoms with van der Waals surface area (Å²) >= 11 is 0. The van der Waals surface area contributed by atoms with Crippen molar-refractivity contribution in [2.75, 3.05) is 27.6 Å². The smallest absolute Gasteiger partial charge is 0.411 e. The molecule has 1 aromatic rings. The van der Waals surface area contributed by atoms with Crippen molar-refractivity contribution in [1.82, 2.24) is 5.32 Å². The Labute approximate surface area is 109 Å². The van der Waals surface area contributed by atoms with Crippen LogP contribution < -0.4 is 14.8 Å². The van der Waals surface area contributed by atoms with E-state index in [0.717, 1.165) is 5.56 Å². The molecule has 108 valence electrons. The average Bonchev–Trinajstić information content (AvgIpc) is 2.35. The van der Waals surface area contributed by atoms with Crippen LogP contribution in [0.15, 0.2) is 18.2 Å². The van der Waals surface area contributed by atoms with Crippen LogP contribution in [0.5, 0.6) is 11.5 Å². The lowest BCUT2D eigenvalue weighted by atomic mass is 10.2. The van der Waals surface area contributed by atoms with Crippen LogP contribution in [0.2, 0.25) is 0 Å². The monoisotopic (exact) mass is 279 g/mol. The van der Waals surface area contributed by atoms with Crippen LogP contribution in [0.1, 0.15) is 5.56 Å². The predicted molar refractivity (Wildman–Crippen MR) is 63.3 cm³/mol. The number of nitrogens with one attached hydrogen (secondary N) is 1. The van der Waals surface area contributed by atoms with Crippen molar-refractivity contribution >= 4 is 0 Å². The number of methoxy groups -OCH3 is 1. The second kappa shape index (κ2) is 7.20. The lowest BCUT2D eigenvalue weighted by Gasteiger charge is -2.13. The second-order valence-corrected chi connectivity index (χ2v) is 3.73. The van der Waals surface area contributed by atoms with Gasteiger partial charge in [-0.15, -0.1) is 0 Å². The van der Waals surface area contributed by atoms with Crippen LogP contribution >= 0.6 is 0 Å². The van der Waals surface area contributed by atoms with E-state index in [4.69, 9.17) is 9.47 Å². The molecule has 0 aliphatic carbocycles. The van der Waals surface area contributed by atoms with Crippen molar-refractivity contribution in [3.8, 4) is 11.5 Å². The number of halogens is 3. The Kier molecular flexibility index (Phi) is 5.91. The molecular formula is C12H16F3NO3. The van der Waals surface area contributed by atoms with Crippen molar-refractivity contribution < 1.29 is 27.4 Å². The van der Waals surface area contributed by atoms with Crippen molar-refractivity contribution in [3.05, 3.63) is 23.8 Å². The third-order valence-electron chi connectivity index (χ3n) is 2.21. The van der Waals surface area contributed by atoms with Gasteiger partial charge in [0.15, 0.2) is 6.79 Å². The van der Waals surface area contributed by atoms with Gasteiger partial charge >= 0.3 is 6.18 Å². The van der Waals surface area contributed by atoms with E-state index in [1.54, 1.807) is 25.2 Å². The third kappa shape index (κ3) is 5.80. The Morgan fingerprint density at radius 1 is 1.26 bits per heavy atom. The molecule has 0 aliphatic heterocycles. The van der Waals surface area contributed by atoms with Crippen LogP contribution in [0.4, 0.5) is 13.2 Å². The van der Waals surface area contributed by atoms with E-state index in [1.165, 1.54) is 7.11 Å². The van der Waals surface area contributed by atoms with Crippen LogP contribution in [0.25, 0.3) is 0 Å². The summed E-state index contributed by atoms with van der Waals surface area (Å²) < 4.78 is 50.3. The number of alkyl halides is 3. The van der Waals surface area contributed by atoms with E-state index in [2.05, 4.69) is 10.1 Å². The van der Waals surface area contributed by atoms with Gasteiger partial charge in [-0.3, -0.25) is 0 Å². The van der Waals surface area contributed by atoms with Crippen molar-refractivity contribution in [1.29, 1.82) is 0 Å². The summed E-state index contributed by atoms with van der Waals surface area (Å²) in [7, 11) is 3.26. The first-order chi connectivity index (χ1) is 8.96. The summed E-state index contributed by atoms with van der Waals surface area (Å²) in [6.45, 7) is -1.28. The van der Waals surface area contributed by atoms with Crippen LogP contribution in [-0.2, 0) is 11.3 Å². The van der Waals surface area contributed by atoms with Crippen LogP contribution in [0, 0.1) is 0 Å². The highest BCUT2D eigenvalue weighted by atomic mass is 19.4. The molecule has 1 rings (SSSR count). The lowest BCUT2D eigenvalue weighted by Crippen LogP contribution is -2.19. The third-order valence-corrected chi connectivity index (χ3v) is 2.21. The number of hydrogen-bond donors (Lipinski definition) is 1. The Balaban J connectivity index is 2.59. The molecule has 0 aromatic heterocycles. The topological polar surface area (TPSA) is 39.7 Å². The van der Waals surface area contributed by atoms with Crippen LogP contribution in [0.3, 0.4) is 0 Å². The lowest BCUT2D eigenvalue weighted by molar-refractivity contribution is -0.186. The zero-order valence-corrected chi connectivity index (χ0v) is 10.7. The van der Waals surface area contributed by atoms with E-state index in [0.29, 0.717) is 18.0 Å². The Bertz CT molecular complexity index is 396. The second-order valence-electron chi connectivity index (χ2n) is 3.73.